The van der Waals surface area contributed by atoms with E-state index in [1.54, 1.807) is 0 Å². The number of carbonyl (C=O) groups excluding carboxylic acids is 4. The number of phosphoric acid groups is 2. The van der Waals surface area contributed by atoms with Gasteiger partial charge in [0.1, 0.15) is 19.3 Å². The van der Waals surface area contributed by atoms with Crippen LogP contribution in [0.3, 0.4) is 0 Å². The third kappa shape index (κ3) is 54.7. The molecule has 0 fully saturated rings. The minimum absolute atomic E-state index is 0.103. The van der Waals surface area contributed by atoms with Crippen LogP contribution in [0, 0.1) is 11.8 Å². The molecule has 17 nitrogen and oxygen atoms in total. The predicted molar refractivity (Wildman–Crippen MR) is 326 cm³/mol. The Labute approximate surface area is 498 Å². The van der Waals surface area contributed by atoms with Crippen LogP contribution in [-0.4, -0.2) is 96.7 Å². The molecule has 0 spiro atoms. The Hall–Kier alpha value is -1.94. The Kier molecular flexibility index (Phi) is 54.3. The molecule has 0 aliphatic heterocycles. The van der Waals surface area contributed by atoms with Crippen LogP contribution in [0.25, 0.3) is 0 Å². The van der Waals surface area contributed by atoms with Gasteiger partial charge in [-0.3, -0.25) is 37.3 Å². The summed E-state index contributed by atoms with van der Waals surface area (Å²) in [5, 5.41) is 10.5. The highest BCUT2D eigenvalue weighted by atomic mass is 31.2. The fourth-order valence-corrected chi connectivity index (χ4v) is 10.9. The Bertz CT molecular complexity index is 1620. The van der Waals surface area contributed by atoms with Crippen molar-refractivity contribution in [3.05, 3.63) is 0 Å². The molecule has 0 aliphatic carbocycles. The Morgan fingerprint density at radius 3 is 0.866 bits per heavy atom. The van der Waals surface area contributed by atoms with Crippen molar-refractivity contribution < 1.29 is 80.2 Å². The number of unbranched alkanes of at least 4 members (excludes halogenated alkanes) is 30. The predicted octanol–water partition coefficient (Wildman–Crippen LogP) is 17.3. The fourth-order valence-electron chi connectivity index (χ4n) is 9.29. The largest absolute Gasteiger partial charge is 0.472 e. The van der Waals surface area contributed by atoms with Gasteiger partial charge >= 0.3 is 39.5 Å². The van der Waals surface area contributed by atoms with Gasteiger partial charge in [-0.15, -0.1) is 0 Å². The number of carbonyl (C=O) groups is 4. The third-order valence-electron chi connectivity index (χ3n) is 15.2. The molecule has 0 bridgehead atoms. The highest BCUT2D eigenvalue weighted by Crippen LogP contribution is 2.45. The van der Waals surface area contributed by atoms with Crippen molar-refractivity contribution >= 4 is 39.5 Å². The van der Waals surface area contributed by atoms with Crippen LogP contribution in [0.4, 0.5) is 0 Å². The highest BCUT2D eigenvalue weighted by Gasteiger charge is 2.30. The number of rotatable bonds is 62. The third-order valence-corrected chi connectivity index (χ3v) is 17.1. The normalized spacial score (nSPS) is 15.0. The molecule has 0 aliphatic rings. The summed E-state index contributed by atoms with van der Waals surface area (Å²) in [6, 6.07) is 0. The number of ether oxygens (including phenoxy) is 4. The second-order valence-electron chi connectivity index (χ2n) is 23.3. The fraction of sp³-hybridized carbons (Fsp3) is 0.937. The van der Waals surface area contributed by atoms with Crippen molar-refractivity contribution in [3.8, 4) is 0 Å². The van der Waals surface area contributed by atoms with Crippen LogP contribution in [-0.2, 0) is 65.4 Å². The highest BCUT2D eigenvalue weighted by molar-refractivity contribution is 7.47. The van der Waals surface area contributed by atoms with E-state index < -0.39 is 97.5 Å². The molecule has 0 amide bonds. The lowest BCUT2D eigenvalue weighted by Crippen LogP contribution is -2.30. The molecule has 0 aromatic carbocycles. The number of aliphatic hydroxyl groups is 1. The van der Waals surface area contributed by atoms with Crippen molar-refractivity contribution in [1.29, 1.82) is 0 Å². The maximum Gasteiger partial charge on any atom is 0.472 e. The monoisotopic (exact) mass is 1210 g/mol. The average Bonchev–Trinajstić information content (AvgIpc) is 3.45. The summed E-state index contributed by atoms with van der Waals surface area (Å²) in [6.07, 6.45) is 38.0. The van der Waals surface area contributed by atoms with Gasteiger partial charge < -0.3 is 33.8 Å². The number of phosphoric ester groups is 2. The van der Waals surface area contributed by atoms with Gasteiger partial charge in [-0.05, 0) is 37.5 Å². The molecule has 0 aromatic rings. The molecule has 3 N–H and O–H groups in total. The summed E-state index contributed by atoms with van der Waals surface area (Å²) in [5.41, 5.74) is 0. The van der Waals surface area contributed by atoms with Gasteiger partial charge in [0, 0.05) is 25.7 Å². The van der Waals surface area contributed by atoms with Crippen LogP contribution >= 0.6 is 15.6 Å². The van der Waals surface area contributed by atoms with E-state index >= 15 is 0 Å². The van der Waals surface area contributed by atoms with Gasteiger partial charge in [0.05, 0.1) is 26.4 Å². The smallest absolute Gasteiger partial charge is 0.462 e. The number of hydrogen-bond acceptors (Lipinski definition) is 15. The van der Waals surface area contributed by atoms with Crippen LogP contribution < -0.4 is 0 Å². The van der Waals surface area contributed by atoms with Gasteiger partial charge in [-0.25, -0.2) is 9.13 Å². The summed E-state index contributed by atoms with van der Waals surface area (Å²) >= 11 is 0. The van der Waals surface area contributed by atoms with Crippen molar-refractivity contribution in [3.63, 3.8) is 0 Å². The van der Waals surface area contributed by atoms with Gasteiger partial charge in [-0.1, -0.05) is 260 Å². The molecule has 0 saturated carbocycles. The second-order valence-corrected chi connectivity index (χ2v) is 26.2. The van der Waals surface area contributed by atoms with Gasteiger partial charge in [0.15, 0.2) is 12.2 Å². The Morgan fingerprint density at radius 1 is 0.341 bits per heavy atom. The number of hydrogen-bond donors (Lipinski definition) is 3. The van der Waals surface area contributed by atoms with E-state index in [2.05, 4.69) is 41.5 Å². The standard InChI is InChI=1S/C63H122O17P2/c1-7-11-13-15-26-35-41-47-62(67)79-58(51-73-60(65)45-39-31-14-12-8-2)53-77-81(69,70)75-49-57(64)50-76-82(71,72)78-54-59(52-74-61(66)46-40-34-29-25-24-28-33-38-44-56(6)10-4)80-63(68)48-42-36-30-23-21-19-17-16-18-20-22-27-32-37-43-55(5)9-3/h55-59,64H,7-54H2,1-6H3,(H,69,70)(H,71,72)/t55?,56?,57-,58+,59+/m0/s1. The lowest BCUT2D eigenvalue weighted by molar-refractivity contribution is -0.161. The van der Waals surface area contributed by atoms with Crippen LogP contribution in [0.1, 0.15) is 311 Å². The van der Waals surface area contributed by atoms with E-state index in [0.717, 1.165) is 121 Å². The maximum atomic E-state index is 13.0. The number of aliphatic hydroxyl groups excluding tert-OH is 1. The van der Waals surface area contributed by atoms with Crippen molar-refractivity contribution in [2.24, 2.45) is 11.8 Å². The molecule has 4 unspecified atom stereocenters. The van der Waals surface area contributed by atoms with Crippen molar-refractivity contribution in [1.82, 2.24) is 0 Å². The summed E-state index contributed by atoms with van der Waals surface area (Å²) < 4.78 is 67.7. The summed E-state index contributed by atoms with van der Waals surface area (Å²) in [7, 11) is -9.87. The SMILES string of the molecule is CCCCCCCCCC(=O)O[C@H](COC(=O)CCCCCCC)COP(=O)(O)OC[C@H](O)COP(=O)(O)OC[C@@H](COC(=O)CCCCCCCCCCC(C)CC)OC(=O)CCCCCCCCCCCCCCCCC(C)CC. The van der Waals surface area contributed by atoms with Crippen LogP contribution in [0.5, 0.6) is 0 Å². The number of esters is 4. The van der Waals surface area contributed by atoms with Crippen LogP contribution in [0.15, 0.2) is 0 Å². The molecule has 0 rings (SSSR count). The van der Waals surface area contributed by atoms with Crippen LogP contribution in [0.2, 0.25) is 0 Å². The van der Waals surface area contributed by atoms with Gasteiger partial charge in [0.25, 0.3) is 0 Å². The Balaban J connectivity index is 5.13. The first-order valence-corrected chi connectivity index (χ1v) is 36.1. The zero-order valence-electron chi connectivity index (χ0n) is 52.8. The van der Waals surface area contributed by atoms with E-state index in [9.17, 15) is 43.2 Å². The first-order chi connectivity index (χ1) is 39.4. The second kappa shape index (κ2) is 55.6. The topological polar surface area (TPSA) is 237 Å². The summed E-state index contributed by atoms with van der Waals surface area (Å²) in [4.78, 5) is 71.8. The van der Waals surface area contributed by atoms with Gasteiger partial charge in [0.2, 0.25) is 0 Å². The minimum atomic E-state index is -4.94. The molecule has 486 valence electrons. The maximum absolute atomic E-state index is 13.0. The van der Waals surface area contributed by atoms with E-state index in [0.29, 0.717) is 25.7 Å². The van der Waals surface area contributed by atoms with Crippen molar-refractivity contribution in [2.75, 3.05) is 39.6 Å². The first kappa shape index (κ1) is 80.1. The molecule has 7 atom stereocenters. The summed E-state index contributed by atoms with van der Waals surface area (Å²) in [5.74, 6) is -0.527. The zero-order valence-corrected chi connectivity index (χ0v) is 54.6. The Morgan fingerprint density at radius 2 is 0.585 bits per heavy atom. The average molecular weight is 1210 g/mol. The summed E-state index contributed by atoms with van der Waals surface area (Å²) in [6.45, 7) is 9.41. The molecule has 19 heteroatoms. The lowest BCUT2D eigenvalue weighted by Gasteiger charge is -2.21. The van der Waals surface area contributed by atoms with Crippen molar-refractivity contribution in [2.45, 2.75) is 330 Å². The molecular formula is C63H122O17P2. The molecule has 0 heterocycles. The van der Waals surface area contributed by atoms with E-state index in [1.807, 2.05) is 0 Å². The first-order valence-electron chi connectivity index (χ1n) is 33.1. The molecule has 0 radical (unpaired) electrons. The molecule has 0 aromatic heterocycles. The van der Waals surface area contributed by atoms with Gasteiger partial charge in [-0.2, -0.15) is 0 Å². The quantitative estimate of drug-likeness (QED) is 0.0222. The van der Waals surface area contributed by atoms with E-state index in [1.165, 1.54) is 109 Å². The molecular weight excluding hydrogens is 1090 g/mol. The minimum Gasteiger partial charge on any atom is -0.462 e. The van der Waals surface area contributed by atoms with E-state index in [4.69, 9.17) is 37.0 Å². The molecule has 0 saturated heterocycles. The lowest BCUT2D eigenvalue weighted by atomic mass is 9.99. The van der Waals surface area contributed by atoms with E-state index in [-0.39, 0.29) is 25.7 Å². The zero-order chi connectivity index (χ0) is 60.8. The molecule has 82 heavy (non-hydrogen) atoms.